The molecule has 2 rings (SSSR count). The first kappa shape index (κ1) is 19.4. The quantitative estimate of drug-likeness (QED) is 0.754. The average Bonchev–Trinajstić information content (AvgIpc) is 2.59. The normalized spacial score (nSPS) is 19.0. The van der Waals surface area contributed by atoms with Crippen LogP contribution in [0.3, 0.4) is 0 Å². The molecule has 1 N–H and O–H groups in total. The van der Waals surface area contributed by atoms with Gasteiger partial charge in [-0.2, -0.15) is 0 Å². The molecule has 1 fully saturated rings. The molecule has 1 aliphatic heterocycles. The van der Waals surface area contributed by atoms with E-state index in [2.05, 4.69) is 0 Å². The van der Waals surface area contributed by atoms with Crippen molar-refractivity contribution < 1.29 is 24.2 Å². The molecule has 0 saturated carbocycles. The number of carboxylic acids is 1. The maximum absolute atomic E-state index is 12.9. The third kappa shape index (κ3) is 5.81. The monoisotopic (exact) mass is 350 g/mol. The van der Waals surface area contributed by atoms with Crippen LogP contribution in [0.2, 0.25) is 0 Å². The first-order valence-corrected chi connectivity index (χ1v) is 8.48. The van der Waals surface area contributed by atoms with Crippen molar-refractivity contribution in [1.82, 2.24) is 9.80 Å². The van der Waals surface area contributed by atoms with E-state index in [0.29, 0.717) is 32.8 Å². The lowest BCUT2D eigenvalue weighted by molar-refractivity contribution is -0.152. The number of benzene rings is 1. The number of hydrogen-bond acceptors (Lipinski definition) is 5. The van der Waals surface area contributed by atoms with Crippen molar-refractivity contribution >= 4 is 11.9 Å². The van der Waals surface area contributed by atoms with Crippen LogP contribution in [0, 0.1) is 0 Å². The van der Waals surface area contributed by atoms with Crippen LogP contribution in [0.4, 0.5) is 0 Å². The Bertz CT molecular complexity index is 566. The molecule has 0 aromatic heterocycles. The third-order valence-corrected chi connectivity index (χ3v) is 4.03. The molecule has 0 radical (unpaired) electrons. The summed E-state index contributed by atoms with van der Waals surface area (Å²) in [7, 11) is 1.73. The molecule has 0 bridgehead atoms. The number of hydrogen-bond donors (Lipinski definition) is 1. The summed E-state index contributed by atoms with van der Waals surface area (Å²) in [5.41, 5.74) is 0.834. The molecule has 2 unspecified atom stereocenters. The van der Waals surface area contributed by atoms with E-state index in [0.717, 1.165) is 5.56 Å². The Balaban J connectivity index is 2.00. The first-order valence-electron chi connectivity index (χ1n) is 8.48. The van der Waals surface area contributed by atoms with Crippen LogP contribution in [0.25, 0.3) is 0 Å². The molecule has 1 saturated heterocycles. The second-order valence-corrected chi connectivity index (χ2v) is 6.11. The van der Waals surface area contributed by atoms with Gasteiger partial charge in [-0.15, -0.1) is 0 Å². The molecule has 1 aromatic carbocycles. The Hall–Kier alpha value is -1.96. The fourth-order valence-electron chi connectivity index (χ4n) is 2.94. The van der Waals surface area contributed by atoms with Crippen molar-refractivity contribution in [3.05, 3.63) is 35.9 Å². The fraction of sp³-hybridized carbons (Fsp3) is 0.556. The Kier molecular flexibility index (Phi) is 7.36. The lowest BCUT2D eigenvalue weighted by Gasteiger charge is -2.36. The highest BCUT2D eigenvalue weighted by Gasteiger charge is 2.31. The molecule has 1 amide bonds. The van der Waals surface area contributed by atoms with Gasteiger partial charge in [0.1, 0.15) is 0 Å². The largest absolute Gasteiger partial charge is 0.480 e. The number of rotatable bonds is 8. The van der Waals surface area contributed by atoms with E-state index in [1.165, 1.54) is 0 Å². The SMILES string of the molecule is CCOC(C(=O)N1CCOC(CN(C)CC(=O)O)C1)c1ccccc1. The molecule has 7 nitrogen and oxygen atoms in total. The van der Waals surface area contributed by atoms with Crippen molar-refractivity contribution in [3.63, 3.8) is 0 Å². The number of amides is 1. The summed E-state index contributed by atoms with van der Waals surface area (Å²) < 4.78 is 11.4. The zero-order chi connectivity index (χ0) is 18.2. The molecule has 0 spiro atoms. The van der Waals surface area contributed by atoms with Gasteiger partial charge in [0.05, 0.1) is 19.3 Å². The predicted molar refractivity (Wildman–Crippen MR) is 92.3 cm³/mol. The number of aliphatic carboxylic acids is 1. The van der Waals surface area contributed by atoms with Crippen LogP contribution >= 0.6 is 0 Å². The number of carbonyl (C=O) groups excluding carboxylic acids is 1. The minimum Gasteiger partial charge on any atom is -0.480 e. The minimum absolute atomic E-state index is 0.0562. The molecule has 138 valence electrons. The summed E-state index contributed by atoms with van der Waals surface area (Å²) in [5.74, 6) is -0.964. The summed E-state index contributed by atoms with van der Waals surface area (Å²) in [6.45, 7) is 4.09. The zero-order valence-electron chi connectivity index (χ0n) is 14.8. The second-order valence-electron chi connectivity index (χ2n) is 6.11. The van der Waals surface area contributed by atoms with E-state index in [4.69, 9.17) is 14.6 Å². The predicted octanol–water partition coefficient (Wildman–Crippen LogP) is 1.01. The van der Waals surface area contributed by atoms with E-state index in [1.54, 1.807) is 16.8 Å². The maximum Gasteiger partial charge on any atom is 0.317 e. The molecule has 1 aromatic rings. The van der Waals surface area contributed by atoms with Gasteiger partial charge < -0.3 is 19.5 Å². The van der Waals surface area contributed by atoms with E-state index in [9.17, 15) is 9.59 Å². The van der Waals surface area contributed by atoms with Gasteiger partial charge in [-0.3, -0.25) is 14.5 Å². The van der Waals surface area contributed by atoms with Crippen molar-refractivity contribution in [3.8, 4) is 0 Å². The van der Waals surface area contributed by atoms with Gasteiger partial charge in [-0.25, -0.2) is 0 Å². The van der Waals surface area contributed by atoms with Gasteiger partial charge in [0, 0.05) is 26.2 Å². The third-order valence-electron chi connectivity index (χ3n) is 4.03. The summed E-state index contributed by atoms with van der Waals surface area (Å²) in [6, 6.07) is 9.45. The van der Waals surface area contributed by atoms with Crippen molar-refractivity contribution in [1.29, 1.82) is 0 Å². The molecule has 1 aliphatic rings. The highest BCUT2D eigenvalue weighted by molar-refractivity contribution is 5.82. The summed E-state index contributed by atoms with van der Waals surface area (Å²) in [6.07, 6.45) is -0.832. The van der Waals surface area contributed by atoms with E-state index in [-0.39, 0.29) is 18.6 Å². The first-order chi connectivity index (χ1) is 12.0. The van der Waals surface area contributed by atoms with E-state index in [1.807, 2.05) is 37.3 Å². The molecule has 2 atom stereocenters. The van der Waals surface area contributed by atoms with Crippen molar-refractivity contribution in [2.45, 2.75) is 19.1 Å². The molecular weight excluding hydrogens is 324 g/mol. The molecule has 7 heteroatoms. The summed E-state index contributed by atoms with van der Waals surface area (Å²) in [4.78, 5) is 27.1. The van der Waals surface area contributed by atoms with Crippen LogP contribution in [-0.2, 0) is 19.1 Å². The standard InChI is InChI=1S/C18H26N2O5/c1-3-24-17(14-7-5-4-6-8-14)18(23)20-9-10-25-15(12-20)11-19(2)13-16(21)22/h4-8,15,17H,3,9-13H2,1-2H3,(H,21,22). The maximum atomic E-state index is 12.9. The second kappa shape index (κ2) is 9.50. The minimum atomic E-state index is -0.883. The molecule has 0 aliphatic carbocycles. The Morgan fingerprint density at radius 1 is 1.40 bits per heavy atom. The van der Waals surface area contributed by atoms with Crippen LogP contribution in [0.1, 0.15) is 18.6 Å². The Labute approximate surface area is 148 Å². The van der Waals surface area contributed by atoms with Gasteiger partial charge in [-0.1, -0.05) is 30.3 Å². The molecule has 1 heterocycles. The number of ether oxygens (including phenoxy) is 2. The highest BCUT2D eigenvalue weighted by atomic mass is 16.5. The average molecular weight is 350 g/mol. The van der Waals surface area contributed by atoms with Crippen LogP contribution < -0.4 is 0 Å². The smallest absolute Gasteiger partial charge is 0.317 e. The van der Waals surface area contributed by atoms with Gasteiger partial charge in [0.15, 0.2) is 6.10 Å². The molecule has 25 heavy (non-hydrogen) atoms. The topological polar surface area (TPSA) is 79.3 Å². The van der Waals surface area contributed by atoms with Crippen molar-refractivity contribution in [2.75, 3.05) is 46.4 Å². The number of carboxylic acid groups (broad SMARTS) is 1. The highest BCUT2D eigenvalue weighted by Crippen LogP contribution is 2.21. The van der Waals surface area contributed by atoms with E-state index < -0.39 is 12.1 Å². The number of carbonyl (C=O) groups is 2. The summed E-state index contributed by atoms with van der Waals surface area (Å²) >= 11 is 0. The van der Waals surface area contributed by atoms with Gasteiger partial charge in [-0.05, 0) is 19.5 Å². The zero-order valence-corrected chi connectivity index (χ0v) is 14.8. The van der Waals surface area contributed by atoms with Gasteiger partial charge in [0.25, 0.3) is 5.91 Å². The van der Waals surface area contributed by atoms with Crippen LogP contribution in [0.5, 0.6) is 0 Å². The lowest BCUT2D eigenvalue weighted by Crippen LogP contribution is -2.51. The Morgan fingerprint density at radius 2 is 2.12 bits per heavy atom. The molecular formula is C18H26N2O5. The fourth-order valence-corrected chi connectivity index (χ4v) is 2.94. The van der Waals surface area contributed by atoms with Crippen LogP contribution in [-0.4, -0.2) is 79.3 Å². The number of morpholine rings is 1. The number of nitrogens with zero attached hydrogens (tertiary/aromatic N) is 2. The van der Waals surface area contributed by atoms with E-state index >= 15 is 0 Å². The van der Waals surface area contributed by atoms with Crippen molar-refractivity contribution in [2.24, 2.45) is 0 Å². The van der Waals surface area contributed by atoms with Crippen LogP contribution in [0.15, 0.2) is 30.3 Å². The Morgan fingerprint density at radius 3 is 2.76 bits per heavy atom. The lowest BCUT2D eigenvalue weighted by atomic mass is 10.1. The van der Waals surface area contributed by atoms with Gasteiger partial charge >= 0.3 is 5.97 Å². The number of likely N-dealkylation sites (N-methyl/N-ethyl adjacent to an activating group) is 1. The van der Waals surface area contributed by atoms with Gasteiger partial charge in [0.2, 0.25) is 0 Å². The summed E-state index contributed by atoms with van der Waals surface area (Å²) in [5, 5.41) is 8.85.